The second-order valence-corrected chi connectivity index (χ2v) is 6.66. The van der Waals surface area contributed by atoms with E-state index in [1.807, 2.05) is 36.4 Å². The molecule has 0 bridgehead atoms. The number of morpholine rings is 1. The van der Waals surface area contributed by atoms with Gasteiger partial charge in [0.05, 0.1) is 20.3 Å². The molecule has 1 aliphatic rings. The van der Waals surface area contributed by atoms with Crippen LogP contribution in [0.4, 0.5) is 0 Å². The average Bonchev–Trinajstić information content (AvgIpc) is 2.67. The second-order valence-electron chi connectivity index (χ2n) is 6.66. The van der Waals surface area contributed by atoms with Crippen molar-refractivity contribution in [3.63, 3.8) is 0 Å². The molecule has 1 saturated heterocycles. The fraction of sp³-hybridized carbons (Fsp3) is 0.429. The number of rotatable bonds is 6. The molecule has 0 radical (unpaired) electrons. The summed E-state index contributed by atoms with van der Waals surface area (Å²) in [5.74, 6) is 0.795. The lowest BCUT2D eigenvalue weighted by Gasteiger charge is -2.34. The molecular formula is C21H27NO3. The first kappa shape index (κ1) is 17.9. The van der Waals surface area contributed by atoms with Crippen LogP contribution in [-0.4, -0.2) is 50.0 Å². The predicted molar refractivity (Wildman–Crippen MR) is 99.0 cm³/mol. The zero-order chi connectivity index (χ0) is 17.7. The second kappa shape index (κ2) is 8.00. The van der Waals surface area contributed by atoms with Gasteiger partial charge in [-0.2, -0.15) is 0 Å². The van der Waals surface area contributed by atoms with Gasteiger partial charge in [-0.25, -0.2) is 0 Å². The summed E-state index contributed by atoms with van der Waals surface area (Å²) in [6.45, 7) is 6.28. The molecule has 0 amide bonds. The summed E-state index contributed by atoms with van der Waals surface area (Å²) in [6, 6.07) is 15.9. The van der Waals surface area contributed by atoms with Gasteiger partial charge in [0.2, 0.25) is 0 Å². The van der Waals surface area contributed by atoms with E-state index in [-0.39, 0.29) is 0 Å². The maximum Gasteiger partial charge on any atom is 0.118 e. The minimum Gasteiger partial charge on any atom is -0.497 e. The lowest BCUT2D eigenvalue weighted by Crippen LogP contribution is -2.40. The van der Waals surface area contributed by atoms with Crippen molar-refractivity contribution < 1.29 is 14.6 Å². The molecule has 0 aliphatic carbocycles. The van der Waals surface area contributed by atoms with Gasteiger partial charge in [-0.15, -0.1) is 0 Å². The number of aliphatic hydroxyl groups is 1. The number of benzene rings is 2. The third-order valence-electron chi connectivity index (χ3n) is 4.99. The van der Waals surface area contributed by atoms with Crippen LogP contribution in [-0.2, 0) is 10.3 Å². The summed E-state index contributed by atoms with van der Waals surface area (Å²) >= 11 is 0. The molecule has 0 spiro atoms. The molecule has 0 saturated carbocycles. The van der Waals surface area contributed by atoms with Gasteiger partial charge in [-0.3, -0.25) is 4.90 Å². The highest BCUT2D eigenvalue weighted by Gasteiger charge is 2.32. The standard InChI is InChI=1S/C21H27NO3/c1-17-3-5-18(6-4-17)21(23,11-12-22-13-15-25-16-14-22)19-7-9-20(24-2)10-8-19/h3-10,23H,11-16H2,1-2H3. The van der Waals surface area contributed by atoms with Crippen LogP contribution in [0.25, 0.3) is 0 Å². The summed E-state index contributed by atoms with van der Waals surface area (Å²) in [5, 5.41) is 11.6. The first-order chi connectivity index (χ1) is 12.1. The van der Waals surface area contributed by atoms with Crippen molar-refractivity contribution in [1.29, 1.82) is 0 Å². The van der Waals surface area contributed by atoms with Crippen molar-refractivity contribution in [1.82, 2.24) is 4.90 Å². The third-order valence-corrected chi connectivity index (χ3v) is 4.99. The van der Waals surface area contributed by atoms with Crippen LogP contribution < -0.4 is 4.74 Å². The normalized spacial score (nSPS) is 17.9. The Hall–Kier alpha value is -1.88. The molecule has 4 nitrogen and oxygen atoms in total. The van der Waals surface area contributed by atoms with Crippen molar-refractivity contribution in [3.8, 4) is 5.75 Å². The van der Waals surface area contributed by atoms with Crippen LogP contribution >= 0.6 is 0 Å². The number of hydrogen-bond acceptors (Lipinski definition) is 4. The summed E-state index contributed by atoms with van der Waals surface area (Å²) in [7, 11) is 1.65. The average molecular weight is 341 g/mol. The molecule has 1 atom stereocenters. The number of methoxy groups -OCH3 is 1. The van der Waals surface area contributed by atoms with E-state index in [0.29, 0.717) is 6.42 Å². The summed E-state index contributed by atoms with van der Waals surface area (Å²) in [4.78, 5) is 2.35. The molecule has 1 N–H and O–H groups in total. The zero-order valence-corrected chi connectivity index (χ0v) is 15.1. The Morgan fingerprint density at radius 3 is 2.12 bits per heavy atom. The van der Waals surface area contributed by atoms with Gasteiger partial charge in [-0.1, -0.05) is 42.0 Å². The molecule has 25 heavy (non-hydrogen) atoms. The van der Waals surface area contributed by atoms with E-state index in [1.165, 1.54) is 5.56 Å². The van der Waals surface area contributed by atoms with E-state index in [9.17, 15) is 5.11 Å². The van der Waals surface area contributed by atoms with E-state index >= 15 is 0 Å². The highest BCUT2D eigenvalue weighted by atomic mass is 16.5. The van der Waals surface area contributed by atoms with E-state index in [1.54, 1.807) is 7.11 Å². The monoisotopic (exact) mass is 341 g/mol. The summed E-state index contributed by atoms with van der Waals surface area (Å²) in [6.07, 6.45) is 0.641. The maximum absolute atomic E-state index is 11.6. The Labute approximate surface area is 150 Å². The number of aryl methyl sites for hydroxylation is 1. The lowest BCUT2D eigenvalue weighted by molar-refractivity contribution is 0.0143. The van der Waals surface area contributed by atoms with Crippen molar-refractivity contribution in [2.45, 2.75) is 18.9 Å². The zero-order valence-electron chi connectivity index (χ0n) is 15.1. The predicted octanol–water partition coefficient (Wildman–Crippen LogP) is 2.96. The first-order valence-corrected chi connectivity index (χ1v) is 8.86. The van der Waals surface area contributed by atoms with Crippen LogP contribution in [0.1, 0.15) is 23.1 Å². The molecule has 1 unspecified atom stereocenters. The van der Waals surface area contributed by atoms with Crippen LogP contribution in [0.2, 0.25) is 0 Å². The Kier molecular flexibility index (Phi) is 5.74. The van der Waals surface area contributed by atoms with E-state index in [4.69, 9.17) is 9.47 Å². The highest BCUT2D eigenvalue weighted by molar-refractivity contribution is 5.39. The summed E-state index contributed by atoms with van der Waals surface area (Å²) in [5.41, 5.74) is 1.99. The van der Waals surface area contributed by atoms with Gasteiger partial charge in [-0.05, 0) is 36.6 Å². The molecular weight excluding hydrogens is 314 g/mol. The first-order valence-electron chi connectivity index (χ1n) is 8.86. The van der Waals surface area contributed by atoms with Crippen LogP contribution in [0.3, 0.4) is 0 Å². The number of ether oxygens (including phenoxy) is 2. The third kappa shape index (κ3) is 4.21. The molecule has 1 aliphatic heterocycles. The fourth-order valence-electron chi connectivity index (χ4n) is 3.30. The van der Waals surface area contributed by atoms with Crippen molar-refractivity contribution in [2.75, 3.05) is 40.0 Å². The van der Waals surface area contributed by atoms with E-state index in [0.717, 1.165) is 49.7 Å². The van der Waals surface area contributed by atoms with Gasteiger partial charge in [0.15, 0.2) is 0 Å². The Morgan fingerprint density at radius 2 is 1.56 bits per heavy atom. The molecule has 0 aromatic heterocycles. The molecule has 4 heteroatoms. The van der Waals surface area contributed by atoms with Gasteiger partial charge >= 0.3 is 0 Å². The van der Waals surface area contributed by atoms with Gasteiger partial charge in [0.1, 0.15) is 11.4 Å². The van der Waals surface area contributed by atoms with Crippen molar-refractivity contribution in [3.05, 3.63) is 65.2 Å². The Balaban J connectivity index is 1.87. The minimum absolute atomic E-state index is 0.641. The molecule has 134 valence electrons. The summed E-state index contributed by atoms with van der Waals surface area (Å²) < 4.78 is 10.7. The molecule has 1 heterocycles. The van der Waals surface area contributed by atoms with Crippen LogP contribution in [0.15, 0.2) is 48.5 Å². The van der Waals surface area contributed by atoms with Gasteiger partial charge in [0, 0.05) is 19.6 Å². The molecule has 3 rings (SSSR count). The van der Waals surface area contributed by atoms with Crippen LogP contribution in [0, 0.1) is 6.92 Å². The van der Waals surface area contributed by atoms with E-state index in [2.05, 4.69) is 24.0 Å². The fourth-order valence-corrected chi connectivity index (χ4v) is 3.30. The number of hydrogen-bond donors (Lipinski definition) is 1. The van der Waals surface area contributed by atoms with Crippen LogP contribution in [0.5, 0.6) is 5.75 Å². The topological polar surface area (TPSA) is 41.9 Å². The Bertz CT molecular complexity index is 663. The molecule has 1 fully saturated rings. The maximum atomic E-state index is 11.6. The van der Waals surface area contributed by atoms with Crippen molar-refractivity contribution >= 4 is 0 Å². The van der Waals surface area contributed by atoms with E-state index < -0.39 is 5.60 Å². The SMILES string of the molecule is COc1ccc(C(O)(CCN2CCOCC2)c2ccc(C)cc2)cc1. The lowest BCUT2D eigenvalue weighted by atomic mass is 9.83. The molecule has 2 aromatic carbocycles. The minimum atomic E-state index is -1.02. The molecule has 2 aromatic rings. The number of nitrogens with zero attached hydrogens (tertiary/aromatic N) is 1. The quantitative estimate of drug-likeness (QED) is 0.877. The highest BCUT2D eigenvalue weighted by Crippen LogP contribution is 2.34. The van der Waals surface area contributed by atoms with Crippen molar-refractivity contribution in [2.24, 2.45) is 0 Å². The van der Waals surface area contributed by atoms with Gasteiger partial charge < -0.3 is 14.6 Å². The smallest absolute Gasteiger partial charge is 0.118 e. The largest absolute Gasteiger partial charge is 0.497 e. The Morgan fingerprint density at radius 1 is 1.00 bits per heavy atom. The van der Waals surface area contributed by atoms with Gasteiger partial charge in [0.25, 0.3) is 0 Å².